The third-order valence-corrected chi connectivity index (χ3v) is 6.66. The number of ketones is 1. The third kappa shape index (κ3) is 5.19. The van der Waals surface area contributed by atoms with Crippen molar-refractivity contribution in [3.63, 3.8) is 0 Å². The maximum absolute atomic E-state index is 13.8. The number of aryl methyl sites for hydroxylation is 1. The molecule has 1 fully saturated rings. The van der Waals surface area contributed by atoms with E-state index in [-0.39, 0.29) is 34.9 Å². The highest BCUT2D eigenvalue weighted by Gasteiger charge is 2.27. The van der Waals surface area contributed by atoms with E-state index in [0.29, 0.717) is 19.0 Å². The van der Waals surface area contributed by atoms with E-state index in [1.165, 1.54) is 23.7 Å². The zero-order valence-corrected chi connectivity index (χ0v) is 22.3. The number of ether oxygens (including phenoxy) is 1. The average Bonchev–Trinajstić information content (AvgIpc) is 3.28. The first kappa shape index (κ1) is 27.1. The highest BCUT2D eigenvalue weighted by molar-refractivity contribution is 6.06. The molecular formula is C27H34N6O5. The van der Waals surface area contributed by atoms with Crippen molar-refractivity contribution in [3.8, 4) is 0 Å². The molecule has 1 atom stereocenters. The summed E-state index contributed by atoms with van der Waals surface area (Å²) in [5, 5.41) is 0. The van der Waals surface area contributed by atoms with Crippen LogP contribution in [-0.4, -0.2) is 56.2 Å². The molecule has 2 N–H and O–H groups in total. The second kappa shape index (κ2) is 11.2. The summed E-state index contributed by atoms with van der Waals surface area (Å²) in [5.41, 5.74) is 6.63. The number of esters is 1. The molecular weight excluding hydrogens is 488 g/mol. The molecule has 11 nitrogen and oxygen atoms in total. The van der Waals surface area contributed by atoms with Gasteiger partial charge < -0.3 is 19.9 Å². The highest BCUT2D eigenvalue weighted by atomic mass is 16.5. The Balaban J connectivity index is 1.85. The van der Waals surface area contributed by atoms with Gasteiger partial charge >= 0.3 is 11.7 Å². The van der Waals surface area contributed by atoms with E-state index in [1.54, 1.807) is 23.6 Å². The van der Waals surface area contributed by atoms with Crippen LogP contribution in [0.1, 0.15) is 54.3 Å². The number of fused-ring (bicyclic) bond motifs is 1. The lowest BCUT2D eigenvalue weighted by molar-refractivity contribution is 0.0523. The Kier molecular flexibility index (Phi) is 7.96. The van der Waals surface area contributed by atoms with E-state index in [1.807, 2.05) is 24.8 Å². The first-order chi connectivity index (χ1) is 18.1. The minimum atomic E-state index is -0.668. The molecule has 3 aromatic rings. The first-order valence-corrected chi connectivity index (χ1v) is 12.8. The SMILES string of the molecule is CCOC(=O)c1ccccc1C(=O)Cn1c(=O)c2c(nc(N3CCCC(N)C3)n2CC=C(C)C)n(C)c1=O. The Morgan fingerprint density at radius 2 is 1.87 bits per heavy atom. The van der Waals surface area contributed by atoms with Crippen LogP contribution in [0.4, 0.5) is 5.95 Å². The number of nitrogens with zero attached hydrogens (tertiary/aromatic N) is 5. The van der Waals surface area contributed by atoms with Crippen molar-refractivity contribution in [2.45, 2.75) is 52.7 Å². The fraction of sp³-hybridized carbons (Fsp3) is 0.444. The van der Waals surface area contributed by atoms with Crippen LogP contribution in [0.25, 0.3) is 11.2 Å². The van der Waals surface area contributed by atoms with E-state index >= 15 is 0 Å². The molecule has 1 aromatic carbocycles. The molecule has 0 bridgehead atoms. The molecule has 1 aliphatic heterocycles. The predicted octanol–water partition coefficient (Wildman–Crippen LogP) is 1.85. The molecule has 3 heterocycles. The fourth-order valence-electron chi connectivity index (χ4n) is 4.72. The molecule has 1 saturated heterocycles. The van der Waals surface area contributed by atoms with Crippen molar-refractivity contribution in [2.75, 3.05) is 24.6 Å². The van der Waals surface area contributed by atoms with Gasteiger partial charge in [-0.05, 0) is 39.7 Å². The third-order valence-electron chi connectivity index (χ3n) is 6.66. The molecule has 0 radical (unpaired) electrons. The number of hydrogen-bond donors (Lipinski definition) is 1. The molecule has 4 rings (SSSR count). The fourth-order valence-corrected chi connectivity index (χ4v) is 4.72. The summed E-state index contributed by atoms with van der Waals surface area (Å²) < 4.78 is 9.04. The van der Waals surface area contributed by atoms with E-state index in [4.69, 9.17) is 15.5 Å². The van der Waals surface area contributed by atoms with Crippen molar-refractivity contribution in [3.05, 3.63) is 67.9 Å². The molecule has 0 saturated carbocycles. The van der Waals surface area contributed by atoms with Crippen molar-refractivity contribution in [1.82, 2.24) is 18.7 Å². The van der Waals surface area contributed by atoms with Gasteiger partial charge in [-0.3, -0.25) is 18.7 Å². The van der Waals surface area contributed by atoms with Crippen LogP contribution in [0.2, 0.25) is 0 Å². The van der Waals surface area contributed by atoms with Crippen LogP contribution in [0.3, 0.4) is 0 Å². The Morgan fingerprint density at radius 1 is 1.16 bits per heavy atom. The molecule has 202 valence electrons. The lowest BCUT2D eigenvalue weighted by atomic mass is 10.0. The molecule has 11 heteroatoms. The van der Waals surface area contributed by atoms with Crippen molar-refractivity contribution in [1.29, 1.82) is 0 Å². The van der Waals surface area contributed by atoms with Gasteiger partial charge in [-0.25, -0.2) is 9.59 Å². The van der Waals surface area contributed by atoms with Gasteiger partial charge in [0, 0.05) is 38.3 Å². The van der Waals surface area contributed by atoms with E-state index in [9.17, 15) is 19.2 Å². The number of piperidine rings is 1. The van der Waals surface area contributed by atoms with Gasteiger partial charge in [0.25, 0.3) is 5.56 Å². The number of Topliss-reactive ketones (excluding diaryl/α,β-unsaturated/α-hetero) is 1. The molecule has 0 spiro atoms. The van der Waals surface area contributed by atoms with Gasteiger partial charge in [0.05, 0.1) is 18.7 Å². The van der Waals surface area contributed by atoms with Crippen molar-refractivity contribution >= 4 is 28.9 Å². The summed E-state index contributed by atoms with van der Waals surface area (Å²) >= 11 is 0. The van der Waals surface area contributed by atoms with E-state index < -0.39 is 29.5 Å². The summed E-state index contributed by atoms with van der Waals surface area (Å²) in [6, 6.07) is 6.19. The maximum Gasteiger partial charge on any atom is 0.338 e. The van der Waals surface area contributed by atoms with Gasteiger partial charge in [0.1, 0.15) is 0 Å². The first-order valence-electron chi connectivity index (χ1n) is 12.8. The smallest absolute Gasteiger partial charge is 0.338 e. The minimum Gasteiger partial charge on any atom is -0.462 e. The Morgan fingerprint density at radius 3 is 2.53 bits per heavy atom. The normalized spacial score (nSPS) is 15.5. The molecule has 38 heavy (non-hydrogen) atoms. The summed E-state index contributed by atoms with van der Waals surface area (Å²) in [4.78, 5) is 59.6. The number of carbonyl (C=O) groups is 2. The molecule has 1 aliphatic rings. The standard InChI is InChI=1S/C27H34N6O5/c1-5-38-25(36)20-11-7-6-10-19(20)21(34)16-33-24(35)22-23(30(4)27(33)37)29-26(32(22)14-12-17(2)3)31-13-8-9-18(28)15-31/h6-7,10-12,18H,5,8-9,13-16,28H2,1-4H3. The van der Waals surface area contributed by atoms with Gasteiger partial charge in [0.2, 0.25) is 5.95 Å². The van der Waals surface area contributed by atoms with Gasteiger partial charge in [-0.15, -0.1) is 0 Å². The number of allylic oxidation sites excluding steroid dienone is 2. The number of carbonyl (C=O) groups excluding carboxylic acids is 2. The number of benzene rings is 1. The van der Waals surface area contributed by atoms with E-state index in [0.717, 1.165) is 29.5 Å². The summed E-state index contributed by atoms with van der Waals surface area (Å²) in [6.07, 6.45) is 3.78. The number of aromatic nitrogens is 4. The molecule has 0 aliphatic carbocycles. The van der Waals surface area contributed by atoms with Crippen LogP contribution < -0.4 is 21.9 Å². The number of anilines is 1. The number of hydrogen-bond acceptors (Lipinski definition) is 8. The largest absolute Gasteiger partial charge is 0.462 e. The van der Waals surface area contributed by atoms with E-state index in [2.05, 4.69) is 0 Å². The van der Waals surface area contributed by atoms with Crippen molar-refractivity contribution in [2.24, 2.45) is 12.8 Å². The van der Waals surface area contributed by atoms with Gasteiger partial charge in [0.15, 0.2) is 16.9 Å². The number of rotatable bonds is 8. The van der Waals surface area contributed by atoms with Crippen LogP contribution in [0, 0.1) is 0 Å². The molecule has 0 amide bonds. The van der Waals surface area contributed by atoms with Crippen LogP contribution >= 0.6 is 0 Å². The van der Waals surface area contributed by atoms with Crippen LogP contribution in [-0.2, 0) is 24.9 Å². The molecule has 1 unspecified atom stereocenters. The maximum atomic E-state index is 13.8. The quantitative estimate of drug-likeness (QED) is 0.269. The average molecular weight is 523 g/mol. The lowest BCUT2D eigenvalue weighted by Crippen LogP contribution is -2.44. The Hall–Kier alpha value is -3.99. The highest BCUT2D eigenvalue weighted by Crippen LogP contribution is 2.23. The number of imidazole rings is 1. The summed E-state index contributed by atoms with van der Waals surface area (Å²) in [7, 11) is 1.53. The second-order valence-corrected chi connectivity index (χ2v) is 9.75. The predicted molar refractivity (Wildman–Crippen MR) is 145 cm³/mol. The zero-order valence-electron chi connectivity index (χ0n) is 22.3. The Labute approximate surface area is 220 Å². The van der Waals surface area contributed by atoms with Gasteiger partial charge in [-0.1, -0.05) is 29.8 Å². The van der Waals surface area contributed by atoms with Crippen LogP contribution in [0.5, 0.6) is 0 Å². The Bertz CT molecular complexity index is 1530. The lowest BCUT2D eigenvalue weighted by Gasteiger charge is -2.31. The number of nitrogens with two attached hydrogens (primary N) is 1. The van der Waals surface area contributed by atoms with Crippen LogP contribution in [0.15, 0.2) is 45.5 Å². The molecule has 2 aromatic heterocycles. The van der Waals surface area contributed by atoms with Gasteiger partial charge in [-0.2, -0.15) is 4.98 Å². The monoisotopic (exact) mass is 522 g/mol. The summed E-state index contributed by atoms with van der Waals surface area (Å²) in [6.45, 7) is 6.90. The summed E-state index contributed by atoms with van der Waals surface area (Å²) in [5.74, 6) is -0.627. The van der Waals surface area contributed by atoms with Crippen molar-refractivity contribution < 1.29 is 14.3 Å². The topological polar surface area (TPSA) is 134 Å². The minimum absolute atomic E-state index is 0.0157. The second-order valence-electron chi connectivity index (χ2n) is 9.75. The zero-order chi connectivity index (χ0) is 27.6.